The first-order valence-electron chi connectivity index (χ1n) is 10.5. The highest BCUT2D eigenvalue weighted by molar-refractivity contribution is 5.86. The molecule has 0 saturated heterocycles. The summed E-state index contributed by atoms with van der Waals surface area (Å²) in [5.74, 6) is -0.508. The van der Waals surface area contributed by atoms with Gasteiger partial charge in [-0.2, -0.15) is 0 Å². The number of methoxy groups -OCH3 is 1. The molecule has 0 saturated carbocycles. The van der Waals surface area contributed by atoms with Crippen LogP contribution in [0.4, 0.5) is 4.79 Å². The van der Waals surface area contributed by atoms with Crippen molar-refractivity contribution in [3.8, 4) is 16.9 Å². The number of carbonyl (C=O) groups is 2. The number of carboxylic acids is 1. The highest BCUT2D eigenvalue weighted by Gasteiger charge is 2.46. The first-order chi connectivity index (χ1) is 15.5. The van der Waals surface area contributed by atoms with E-state index in [-0.39, 0.29) is 25.4 Å². The summed E-state index contributed by atoms with van der Waals surface area (Å²) >= 11 is 0. The summed E-state index contributed by atoms with van der Waals surface area (Å²) in [5, 5.41) is 12.6. The first kappa shape index (κ1) is 20.1. The monoisotopic (exact) mass is 429 g/mol. The van der Waals surface area contributed by atoms with Crippen LogP contribution in [0.1, 0.15) is 28.2 Å². The molecule has 2 N–H and O–H groups in total. The molecule has 0 bridgehead atoms. The zero-order chi connectivity index (χ0) is 22.3. The second-order valence-corrected chi connectivity index (χ2v) is 8.33. The van der Waals surface area contributed by atoms with Crippen molar-refractivity contribution >= 4 is 12.1 Å². The van der Waals surface area contributed by atoms with Gasteiger partial charge < -0.3 is 19.9 Å². The van der Waals surface area contributed by atoms with Gasteiger partial charge in [0, 0.05) is 18.8 Å². The van der Waals surface area contributed by atoms with Gasteiger partial charge in [0.25, 0.3) is 0 Å². The van der Waals surface area contributed by atoms with E-state index in [4.69, 9.17) is 9.47 Å². The van der Waals surface area contributed by atoms with Crippen LogP contribution >= 0.6 is 0 Å². The molecule has 2 aliphatic rings. The molecule has 3 aromatic rings. The predicted molar refractivity (Wildman–Crippen MR) is 119 cm³/mol. The van der Waals surface area contributed by atoms with Crippen molar-refractivity contribution < 1.29 is 24.2 Å². The number of ether oxygens (including phenoxy) is 2. The molecule has 0 spiro atoms. The van der Waals surface area contributed by atoms with E-state index in [0.717, 1.165) is 33.4 Å². The third-order valence-corrected chi connectivity index (χ3v) is 6.49. The number of carboxylic acid groups (broad SMARTS) is 1. The third kappa shape index (κ3) is 3.28. The number of benzene rings is 3. The number of carbonyl (C=O) groups excluding carboxylic acids is 1. The second-order valence-electron chi connectivity index (χ2n) is 8.33. The topological polar surface area (TPSA) is 84.9 Å². The number of alkyl carbamates (subject to hydrolysis) is 1. The van der Waals surface area contributed by atoms with E-state index in [2.05, 4.69) is 17.4 Å². The van der Waals surface area contributed by atoms with E-state index in [1.54, 1.807) is 13.2 Å². The van der Waals surface area contributed by atoms with Crippen molar-refractivity contribution in [1.82, 2.24) is 5.32 Å². The van der Waals surface area contributed by atoms with Gasteiger partial charge in [-0.1, -0.05) is 54.6 Å². The minimum atomic E-state index is -1.43. The zero-order valence-electron chi connectivity index (χ0n) is 17.6. The Morgan fingerprint density at radius 3 is 2.22 bits per heavy atom. The van der Waals surface area contributed by atoms with Gasteiger partial charge in [-0.25, -0.2) is 9.59 Å². The lowest BCUT2D eigenvalue weighted by Gasteiger charge is -2.25. The second kappa shape index (κ2) is 7.71. The standard InChI is InChI=1S/C26H23NO5/c1-31-18-11-10-16-13-26(24(28)29,14-17(16)12-18)27-25(30)32-15-23-21-8-4-2-6-19(21)20-7-3-5-9-22(20)23/h2-12,23H,13-15H2,1H3,(H,27,30)(H,28,29)/t26-/m1/s1. The molecular formula is C26H23NO5. The molecule has 2 aliphatic carbocycles. The smallest absolute Gasteiger partial charge is 0.408 e. The van der Waals surface area contributed by atoms with Crippen molar-refractivity contribution in [1.29, 1.82) is 0 Å². The van der Waals surface area contributed by atoms with Gasteiger partial charge in [-0.05, 0) is 45.5 Å². The van der Waals surface area contributed by atoms with Crippen molar-refractivity contribution in [2.75, 3.05) is 13.7 Å². The largest absolute Gasteiger partial charge is 0.497 e. The number of amides is 1. The summed E-state index contributed by atoms with van der Waals surface area (Å²) < 4.78 is 10.8. The summed E-state index contributed by atoms with van der Waals surface area (Å²) in [7, 11) is 1.57. The summed E-state index contributed by atoms with van der Waals surface area (Å²) in [6.45, 7) is 0.135. The van der Waals surface area contributed by atoms with Gasteiger partial charge in [0.15, 0.2) is 0 Å². The Balaban J connectivity index is 1.32. The van der Waals surface area contributed by atoms with Gasteiger partial charge in [0.1, 0.15) is 17.9 Å². The lowest BCUT2D eigenvalue weighted by Crippen LogP contribution is -2.55. The summed E-state index contributed by atoms with van der Waals surface area (Å²) in [6.07, 6.45) is -0.348. The minimum absolute atomic E-state index is 0.0843. The Labute approximate surface area is 185 Å². The third-order valence-electron chi connectivity index (χ3n) is 6.49. The number of hydrogen-bond donors (Lipinski definition) is 2. The fourth-order valence-corrected chi connectivity index (χ4v) is 4.90. The van der Waals surface area contributed by atoms with E-state index >= 15 is 0 Å². The maximum Gasteiger partial charge on any atom is 0.408 e. The molecule has 1 amide bonds. The molecule has 0 fully saturated rings. The molecule has 6 nitrogen and oxygen atoms in total. The van der Waals surface area contributed by atoms with Crippen molar-refractivity contribution in [2.45, 2.75) is 24.3 Å². The van der Waals surface area contributed by atoms with E-state index in [1.165, 1.54) is 0 Å². The molecular weight excluding hydrogens is 406 g/mol. The van der Waals surface area contributed by atoms with E-state index < -0.39 is 17.6 Å². The van der Waals surface area contributed by atoms with E-state index in [1.807, 2.05) is 48.5 Å². The average Bonchev–Trinajstić information content (AvgIpc) is 3.33. The summed E-state index contributed by atoms with van der Waals surface area (Å²) in [4.78, 5) is 24.9. The normalized spacial score (nSPS) is 18.4. The maximum atomic E-state index is 12.7. The molecule has 1 atom stereocenters. The van der Waals surface area contributed by atoms with Crippen LogP contribution in [0.15, 0.2) is 66.7 Å². The van der Waals surface area contributed by atoms with Crippen LogP contribution in [-0.4, -0.2) is 36.4 Å². The highest BCUT2D eigenvalue weighted by Crippen LogP contribution is 2.44. The molecule has 6 heteroatoms. The number of hydrogen-bond acceptors (Lipinski definition) is 4. The number of fused-ring (bicyclic) bond motifs is 4. The zero-order valence-corrected chi connectivity index (χ0v) is 17.6. The fourth-order valence-electron chi connectivity index (χ4n) is 4.90. The van der Waals surface area contributed by atoms with Crippen molar-refractivity contribution in [3.63, 3.8) is 0 Å². The number of nitrogens with one attached hydrogen (secondary N) is 1. The van der Waals surface area contributed by atoms with E-state index in [0.29, 0.717) is 5.75 Å². The van der Waals surface area contributed by atoms with E-state index in [9.17, 15) is 14.7 Å². The molecule has 0 unspecified atom stereocenters. The Kier molecular flexibility index (Phi) is 4.85. The lowest BCUT2D eigenvalue weighted by molar-refractivity contribution is -0.144. The quantitative estimate of drug-likeness (QED) is 0.636. The van der Waals surface area contributed by atoms with Gasteiger partial charge in [0.2, 0.25) is 0 Å². The molecule has 0 heterocycles. The van der Waals surface area contributed by atoms with Crippen LogP contribution in [0.3, 0.4) is 0 Å². The predicted octanol–water partition coefficient (Wildman–Crippen LogP) is 4.16. The molecule has 162 valence electrons. The Bertz CT molecular complexity index is 1170. The average molecular weight is 429 g/mol. The molecule has 0 aliphatic heterocycles. The van der Waals surface area contributed by atoms with Crippen LogP contribution in [0.2, 0.25) is 0 Å². The minimum Gasteiger partial charge on any atom is -0.497 e. The first-order valence-corrected chi connectivity index (χ1v) is 10.5. The summed E-state index contributed by atoms with van der Waals surface area (Å²) in [6, 6.07) is 21.6. The van der Waals surface area contributed by atoms with Gasteiger partial charge in [-0.3, -0.25) is 0 Å². The lowest BCUT2D eigenvalue weighted by atomic mass is 9.96. The SMILES string of the molecule is COc1ccc2c(c1)C[C@@](NC(=O)OCC1c3ccccc3-c3ccccc31)(C(=O)O)C2. The Morgan fingerprint density at radius 2 is 1.59 bits per heavy atom. The van der Waals surface area contributed by atoms with Gasteiger partial charge in [0.05, 0.1) is 7.11 Å². The molecule has 3 aromatic carbocycles. The molecule has 0 aromatic heterocycles. The fraction of sp³-hybridized carbons (Fsp3) is 0.231. The van der Waals surface area contributed by atoms with Crippen LogP contribution in [0.25, 0.3) is 11.1 Å². The van der Waals surface area contributed by atoms with Crippen molar-refractivity contribution in [3.05, 3.63) is 89.0 Å². The molecule has 0 radical (unpaired) electrons. The number of aliphatic carboxylic acids is 1. The van der Waals surface area contributed by atoms with Crippen LogP contribution < -0.4 is 10.1 Å². The number of rotatable bonds is 5. The van der Waals surface area contributed by atoms with Crippen molar-refractivity contribution in [2.24, 2.45) is 0 Å². The molecule has 5 rings (SSSR count). The van der Waals surface area contributed by atoms with Gasteiger partial charge >= 0.3 is 12.1 Å². The molecule has 32 heavy (non-hydrogen) atoms. The summed E-state index contributed by atoms with van der Waals surface area (Å²) in [5.41, 5.74) is 4.79. The van der Waals surface area contributed by atoms with Crippen LogP contribution in [0, 0.1) is 0 Å². The highest BCUT2D eigenvalue weighted by atomic mass is 16.5. The van der Waals surface area contributed by atoms with Gasteiger partial charge in [-0.15, -0.1) is 0 Å². The van der Waals surface area contributed by atoms with Crippen LogP contribution in [0.5, 0.6) is 5.75 Å². The Hall–Kier alpha value is -3.80. The maximum absolute atomic E-state index is 12.7. The van der Waals surface area contributed by atoms with Crippen LogP contribution in [-0.2, 0) is 22.4 Å². The Morgan fingerprint density at radius 1 is 0.969 bits per heavy atom.